The van der Waals surface area contributed by atoms with E-state index in [9.17, 15) is 28.6 Å². The summed E-state index contributed by atoms with van der Waals surface area (Å²) in [6.45, 7) is 4.93. The molecule has 32 heavy (non-hydrogen) atoms. The van der Waals surface area contributed by atoms with E-state index in [1.165, 1.54) is 6.92 Å². The summed E-state index contributed by atoms with van der Waals surface area (Å²) in [6.07, 6.45) is 2.20. The minimum absolute atomic E-state index is 0.0891. The molecule has 0 atom stereocenters. The highest BCUT2D eigenvalue weighted by Crippen LogP contribution is 2.31. The Morgan fingerprint density at radius 2 is 1.59 bits per heavy atom. The van der Waals surface area contributed by atoms with Crippen molar-refractivity contribution in [1.29, 1.82) is 0 Å². The summed E-state index contributed by atoms with van der Waals surface area (Å²) < 4.78 is 27.4. The zero-order chi connectivity index (χ0) is 23.5. The molecule has 1 aliphatic heterocycles. The maximum atomic E-state index is 12.6. The van der Waals surface area contributed by atoms with Crippen LogP contribution >= 0.6 is 0 Å². The smallest absolute Gasteiger partial charge is 0.280 e. The molecule has 2 N–H and O–H groups in total. The Morgan fingerprint density at radius 3 is 2.16 bits per heavy atom. The molecule has 172 valence electrons. The molecule has 2 heterocycles. The lowest BCUT2D eigenvalue weighted by Crippen LogP contribution is -2.29. The van der Waals surface area contributed by atoms with Crippen molar-refractivity contribution in [3.63, 3.8) is 0 Å². The molecule has 0 amide bonds. The number of nitro benzene ring substituents is 2. The first kappa shape index (κ1) is 23.3. The maximum absolute atomic E-state index is 12.6. The van der Waals surface area contributed by atoms with Gasteiger partial charge < -0.3 is 10.2 Å². The lowest BCUT2D eigenvalue weighted by molar-refractivity contribution is -0.395. The Kier molecular flexibility index (Phi) is 6.84. The standard InChI is InChI=1S/C18H23N7O6S/c1-12-9-17(23-7-3-4-8-23)22-18(21-12)19-5-6-20-32(30,31)14-10-15(24(26)27)13(2)16(11-14)25(28)29/h9-11,20H,3-8H2,1-2H3,(H,19,21,22). The van der Waals surface area contributed by atoms with Gasteiger partial charge in [-0.2, -0.15) is 4.98 Å². The van der Waals surface area contributed by atoms with Gasteiger partial charge in [0.15, 0.2) is 0 Å². The van der Waals surface area contributed by atoms with Gasteiger partial charge in [0.25, 0.3) is 11.4 Å². The number of nitrogens with one attached hydrogen (secondary N) is 2. The van der Waals surface area contributed by atoms with E-state index >= 15 is 0 Å². The highest BCUT2D eigenvalue weighted by atomic mass is 32.2. The first-order valence-electron chi connectivity index (χ1n) is 9.86. The van der Waals surface area contributed by atoms with E-state index < -0.39 is 36.1 Å². The number of sulfonamides is 1. The summed E-state index contributed by atoms with van der Waals surface area (Å²) in [5.74, 6) is 1.16. The topological polar surface area (TPSA) is 174 Å². The van der Waals surface area contributed by atoms with Crippen molar-refractivity contribution in [3.05, 3.63) is 49.7 Å². The third kappa shape index (κ3) is 5.26. The Bertz CT molecular complexity index is 1110. The molecule has 1 fully saturated rings. The second kappa shape index (κ2) is 9.40. The van der Waals surface area contributed by atoms with Gasteiger partial charge in [-0.1, -0.05) is 0 Å². The fourth-order valence-electron chi connectivity index (χ4n) is 3.38. The van der Waals surface area contributed by atoms with Gasteiger partial charge in [0.2, 0.25) is 16.0 Å². The highest BCUT2D eigenvalue weighted by Gasteiger charge is 2.27. The Balaban J connectivity index is 1.69. The molecular weight excluding hydrogens is 442 g/mol. The van der Waals surface area contributed by atoms with Crippen molar-refractivity contribution < 1.29 is 18.3 Å². The van der Waals surface area contributed by atoms with Crippen LogP contribution in [0.3, 0.4) is 0 Å². The molecular formula is C18H23N7O6S. The highest BCUT2D eigenvalue weighted by molar-refractivity contribution is 7.89. The number of hydrogen-bond acceptors (Lipinski definition) is 10. The molecule has 3 rings (SSSR count). The molecule has 0 unspecified atom stereocenters. The number of hydrogen-bond donors (Lipinski definition) is 2. The quantitative estimate of drug-likeness (QED) is 0.316. The van der Waals surface area contributed by atoms with Crippen molar-refractivity contribution in [2.75, 3.05) is 36.4 Å². The number of aromatic nitrogens is 2. The van der Waals surface area contributed by atoms with Gasteiger partial charge in [-0.15, -0.1) is 0 Å². The average molecular weight is 465 g/mol. The fourth-order valence-corrected chi connectivity index (χ4v) is 4.45. The molecule has 13 nitrogen and oxygen atoms in total. The van der Waals surface area contributed by atoms with Crippen LogP contribution < -0.4 is 14.9 Å². The van der Waals surface area contributed by atoms with Gasteiger partial charge >= 0.3 is 0 Å². The van der Waals surface area contributed by atoms with Crippen molar-refractivity contribution in [3.8, 4) is 0 Å². The van der Waals surface area contributed by atoms with E-state index in [2.05, 4.69) is 24.9 Å². The van der Waals surface area contributed by atoms with Crippen LogP contribution in [-0.4, -0.2) is 54.4 Å². The molecule has 0 saturated carbocycles. The Hall–Kier alpha value is -3.39. The molecule has 1 aromatic heterocycles. The summed E-state index contributed by atoms with van der Waals surface area (Å²) >= 11 is 0. The van der Waals surface area contributed by atoms with Gasteiger partial charge in [-0.25, -0.2) is 18.1 Å². The maximum Gasteiger partial charge on any atom is 0.280 e. The molecule has 2 aromatic rings. The van der Waals surface area contributed by atoms with Crippen LogP contribution in [0.5, 0.6) is 0 Å². The van der Waals surface area contributed by atoms with E-state index in [0.717, 1.165) is 49.6 Å². The number of rotatable bonds is 9. The van der Waals surface area contributed by atoms with Gasteiger partial charge in [0.1, 0.15) is 11.4 Å². The molecule has 1 aromatic carbocycles. The van der Waals surface area contributed by atoms with Crippen molar-refractivity contribution in [2.24, 2.45) is 0 Å². The summed E-state index contributed by atoms with van der Waals surface area (Å²) in [7, 11) is -4.22. The summed E-state index contributed by atoms with van der Waals surface area (Å²) in [4.78, 5) is 31.0. The minimum atomic E-state index is -4.22. The van der Waals surface area contributed by atoms with Gasteiger partial charge in [-0.05, 0) is 26.7 Å². The van der Waals surface area contributed by atoms with E-state index in [-0.39, 0.29) is 18.7 Å². The first-order chi connectivity index (χ1) is 15.1. The number of nitro groups is 2. The molecule has 0 radical (unpaired) electrons. The van der Waals surface area contributed by atoms with Crippen LogP contribution in [0.1, 0.15) is 24.1 Å². The van der Waals surface area contributed by atoms with Crippen LogP contribution in [0.2, 0.25) is 0 Å². The Labute approximate surface area is 184 Å². The van der Waals surface area contributed by atoms with Crippen LogP contribution in [0, 0.1) is 34.1 Å². The SMILES string of the molecule is Cc1cc(N2CCCC2)nc(NCCNS(=O)(=O)c2cc([N+](=O)[O-])c(C)c([N+](=O)[O-])c2)n1. The second-order valence-corrected chi connectivity index (χ2v) is 9.08. The van der Waals surface area contributed by atoms with E-state index in [1.807, 2.05) is 13.0 Å². The van der Waals surface area contributed by atoms with Gasteiger partial charge in [-0.3, -0.25) is 20.2 Å². The van der Waals surface area contributed by atoms with Crippen LogP contribution in [0.4, 0.5) is 23.1 Å². The Morgan fingerprint density at radius 1 is 1.00 bits per heavy atom. The monoisotopic (exact) mass is 465 g/mol. The summed E-state index contributed by atoms with van der Waals surface area (Å²) in [5, 5.41) is 25.3. The van der Waals surface area contributed by atoms with E-state index in [4.69, 9.17) is 0 Å². The normalized spacial score (nSPS) is 13.9. The molecule has 0 spiro atoms. The fraction of sp³-hybridized carbons (Fsp3) is 0.444. The lowest BCUT2D eigenvalue weighted by Gasteiger charge is -2.17. The van der Waals surface area contributed by atoms with Crippen LogP contribution in [0.15, 0.2) is 23.1 Å². The molecule has 14 heteroatoms. The number of anilines is 2. The number of aryl methyl sites for hydroxylation is 1. The predicted molar refractivity (Wildman–Crippen MR) is 116 cm³/mol. The van der Waals surface area contributed by atoms with Crippen LogP contribution in [-0.2, 0) is 10.0 Å². The van der Waals surface area contributed by atoms with Crippen LogP contribution in [0.25, 0.3) is 0 Å². The zero-order valence-corrected chi connectivity index (χ0v) is 18.4. The first-order valence-corrected chi connectivity index (χ1v) is 11.3. The van der Waals surface area contributed by atoms with Gasteiger partial charge in [0.05, 0.1) is 14.7 Å². The third-order valence-corrected chi connectivity index (χ3v) is 6.44. The predicted octanol–water partition coefficient (Wildman–Crippen LogP) is 1.90. The summed E-state index contributed by atoms with van der Waals surface area (Å²) in [6, 6.07) is 3.50. The zero-order valence-electron chi connectivity index (χ0n) is 17.6. The third-order valence-electron chi connectivity index (χ3n) is 5.00. The van der Waals surface area contributed by atoms with Crippen molar-refractivity contribution in [1.82, 2.24) is 14.7 Å². The second-order valence-electron chi connectivity index (χ2n) is 7.31. The summed E-state index contributed by atoms with van der Waals surface area (Å²) in [5.41, 5.74) is -0.726. The number of nitrogens with zero attached hydrogens (tertiary/aromatic N) is 5. The van der Waals surface area contributed by atoms with Gasteiger partial charge in [0, 0.05) is 50.1 Å². The largest absolute Gasteiger partial charge is 0.356 e. The molecule has 0 aliphatic carbocycles. The minimum Gasteiger partial charge on any atom is -0.356 e. The van der Waals surface area contributed by atoms with Crippen molar-refractivity contribution >= 4 is 33.2 Å². The van der Waals surface area contributed by atoms with Crippen molar-refractivity contribution in [2.45, 2.75) is 31.6 Å². The van der Waals surface area contributed by atoms with E-state index in [0.29, 0.717) is 5.95 Å². The molecule has 0 bridgehead atoms. The lowest BCUT2D eigenvalue weighted by atomic mass is 10.1. The van der Waals surface area contributed by atoms with E-state index in [1.54, 1.807) is 0 Å². The average Bonchev–Trinajstić information content (AvgIpc) is 3.25. The molecule has 1 aliphatic rings. The molecule has 1 saturated heterocycles. The number of benzene rings is 1.